The van der Waals surface area contributed by atoms with Crippen molar-refractivity contribution in [3.63, 3.8) is 0 Å². The summed E-state index contributed by atoms with van der Waals surface area (Å²) < 4.78 is 5.91. The van der Waals surface area contributed by atoms with Crippen LogP contribution in [-0.2, 0) is 0 Å². The maximum absolute atomic E-state index is 11.1. The molecule has 0 aliphatic rings. The smallest absolute Gasteiger partial charge is 0.339 e. The Hall–Kier alpha value is -1.73. The van der Waals surface area contributed by atoms with E-state index in [4.69, 9.17) is 15.6 Å². The van der Waals surface area contributed by atoms with Gasteiger partial charge in [0.2, 0.25) is 0 Å². The number of methoxy groups -OCH3 is 1. The van der Waals surface area contributed by atoms with Gasteiger partial charge in [0.05, 0.1) is 17.5 Å². The predicted octanol–water partition coefficient (Wildman–Crippen LogP) is 2.58. The number of hydrogen-bond acceptors (Lipinski definition) is 6. The number of carboxylic acid groups (broad SMARTS) is 1. The third-order valence-corrected chi connectivity index (χ3v) is 4.04. The monoisotopic (exact) mass is 282 g/mol. The third-order valence-electron chi connectivity index (χ3n) is 2.12. The lowest BCUT2D eigenvalue weighted by Gasteiger charge is -2.06. The minimum Gasteiger partial charge on any atom is -0.496 e. The van der Waals surface area contributed by atoms with Crippen molar-refractivity contribution in [1.29, 1.82) is 0 Å². The van der Waals surface area contributed by atoms with Crippen molar-refractivity contribution in [2.75, 3.05) is 12.8 Å². The number of carbonyl (C=O) groups is 1. The standard InChI is InChI=1S/C11H10N2O3S2/c1-16-8-3-2-6(4-7(8)10(14)15)17-9-5-13-11(12)18-9/h2-5H,1H3,(H2,12,13)(H,14,15). The molecule has 0 aliphatic heterocycles. The molecule has 0 aliphatic carbocycles. The van der Waals surface area contributed by atoms with E-state index < -0.39 is 5.97 Å². The van der Waals surface area contributed by atoms with E-state index >= 15 is 0 Å². The van der Waals surface area contributed by atoms with Crippen LogP contribution in [0.4, 0.5) is 5.13 Å². The van der Waals surface area contributed by atoms with Gasteiger partial charge in [0.1, 0.15) is 11.3 Å². The van der Waals surface area contributed by atoms with E-state index in [1.165, 1.54) is 30.2 Å². The number of nitrogens with zero attached hydrogens (tertiary/aromatic N) is 1. The molecule has 0 unspecified atom stereocenters. The van der Waals surface area contributed by atoms with Gasteiger partial charge in [0.25, 0.3) is 0 Å². The first kappa shape index (κ1) is 12.7. The molecule has 0 radical (unpaired) electrons. The number of thiazole rings is 1. The summed E-state index contributed by atoms with van der Waals surface area (Å²) in [5, 5.41) is 9.56. The molecule has 1 aromatic carbocycles. The van der Waals surface area contributed by atoms with Crippen LogP contribution in [0.15, 0.2) is 33.5 Å². The molecule has 1 heterocycles. The second kappa shape index (κ2) is 5.28. The summed E-state index contributed by atoms with van der Waals surface area (Å²) >= 11 is 2.77. The Kier molecular flexibility index (Phi) is 3.73. The molecule has 0 saturated heterocycles. The van der Waals surface area contributed by atoms with Crippen LogP contribution in [0.25, 0.3) is 0 Å². The Labute approximate surface area is 112 Å². The van der Waals surface area contributed by atoms with Gasteiger partial charge in [-0.25, -0.2) is 9.78 Å². The van der Waals surface area contributed by atoms with Gasteiger partial charge in [-0.05, 0) is 18.2 Å². The number of carboxylic acids is 1. The molecule has 0 fully saturated rings. The third kappa shape index (κ3) is 2.74. The molecule has 0 bridgehead atoms. The summed E-state index contributed by atoms with van der Waals surface area (Å²) in [6.45, 7) is 0. The van der Waals surface area contributed by atoms with Crippen LogP contribution >= 0.6 is 23.1 Å². The van der Waals surface area contributed by atoms with Crippen molar-refractivity contribution in [1.82, 2.24) is 4.98 Å². The topological polar surface area (TPSA) is 85.4 Å². The van der Waals surface area contributed by atoms with E-state index in [-0.39, 0.29) is 5.56 Å². The number of aromatic nitrogens is 1. The van der Waals surface area contributed by atoms with Crippen LogP contribution in [-0.4, -0.2) is 23.2 Å². The fraction of sp³-hybridized carbons (Fsp3) is 0.0909. The lowest BCUT2D eigenvalue weighted by molar-refractivity contribution is 0.0693. The first-order valence-electron chi connectivity index (χ1n) is 4.90. The van der Waals surface area contributed by atoms with Crippen LogP contribution < -0.4 is 10.5 Å². The normalized spacial score (nSPS) is 10.3. The molecule has 18 heavy (non-hydrogen) atoms. The summed E-state index contributed by atoms with van der Waals surface area (Å²) in [4.78, 5) is 15.8. The number of benzene rings is 1. The average Bonchev–Trinajstić information content (AvgIpc) is 2.74. The Bertz CT molecular complexity index is 583. The second-order valence-corrected chi connectivity index (χ2v) is 5.72. The second-order valence-electron chi connectivity index (χ2n) is 3.29. The largest absolute Gasteiger partial charge is 0.496 e. The van der Waals surface area contributed by atoms with E-state index in [2.05, 4.69) is 4.98 Å². The van der Waals surface area contributed by atoms with Gasteiger partial charge in [0.15, 0.2) is 5.13 Å². The summed E-state index contributed by atoms with van der Waals surface area (Å²) in [5.74, 6) is -0.672. The van der Waals surface area contributed by atoms with Crippen molar-refractivity contribution < 1.29 is 14.6 Å². The highest BCUT2D eigenvalue weighted by Crippen LogP contribution is 2.35. The molecule has 0 amide bonds. The Morgan fingerprint density at radius 1 is 1.56 bits per heavy atom. The highest BCUT2D eigenvalue weighted by Gasteiger charge is 2.12. The number of anilines is 1. The number of ether oxygens (including phenoxy) is 1. The van der Waals surface area contributed by atoms with E-state index in [0.717, 1.165) is 9.10 Å². The van der Waals surface area contributed by atoms with E-state index in [0.29, 0.717) is 10.9 Å². The van der Waals surface area contributed by atoms with Gasteiger partial charge in [-0.2, -0.15) is 0 Å². The number of aromatic carboxylic acids is 1. The Morgan fingerprint density at radius 2 is 2.33 bits per heavy atom. The predicted molar refractivity (Wildman–Crippen MR) is 70.6 cm³/mol. The molecule has 5 nitrogen and oxygen atoms in total. The fourth-order valence-electron chi connectivity index (χ4n) is 1.35. The maximum Gasteiger partial charge on any atom is 0.339 e. The van der Waals surface area contributed by atoms with Gasteiger partial charge < -0.3 is 15.6 Å². The highest BCUT2D eigenvalue weighted by atomic mass is 32.2. The van der Waals surface area contributed by atoms with E-state index in [1.54, 1.807) is 24.4 Å². The van der Waals surface area contributed by atoms with Gasteiger partial charge in [-0.3, -0.25) is 0 Å². The van der Waals surface area contributed by atoms with Crippen LogP contribution in [0.2, 0.25) is 0 Å². The number of rotatable bonds is 4. The highest BCUT2D eigenvalue weighted by molar-refractivity contribution is 8.01. The fourth-order valence-corrected chi connectivity index (χ4v) is 3.13. The maximum atomic E-state index is 11.1. The minimum atomic E-state index is -1.02. The molecule has 7 heteroatoms. The molecular formula is C11H10N2O3S2. The molecular weight excluding hydrogens is 272 g/mol. The molecule has 0 atom stereocenters. The first-order chi connectivity index (χ1) is 8.60. The Balaban J connectivity index is 2.29. The Morgan fingerprint density at radius 3 is 2.89 bits per heavy atom. The number of nitrogens with two attached hydrogens (primary N) is 1. The number of hydrogen-bond donors (Lipinski definition) is 2. The van der Waals surface area contributed by atoms with Crippen molar-refractivity contribution >= 4 is 34.2 Å². The van der Waals surface area contributed by atoms with Crippen LogP contribution in [0.5, 0.6) is 5.75 Å². The van der Waals surface area contributed by atoms with Gasteiger partial charge >= 0.3 is 5.97 Å². The van der Waals surface area contributed by atoms with Crippen LogP contribution in [0.1, 0.15) is 10.4 Å². The zero-order chi connectivity index (χ0) is 13.1. The minimum absolute atomic E-state index is 0.139. The molecule has 2 aromatic rings. The zero-order valence-electron chi connectivity index (χ0n) is 9.41. The van der Waals surface area contributed by atoms with Gasteiger partial charge in [-0.15, -0.1) is 0 Å². The molecule has 1 aromatic heterocycles. The van der Waals surface area contributed by atoms with E-state index in [9.17, 15) is 4.79 Å². The summed E-state index contributed by atoms with van der Waals surface area (Å²) in [5.41, 5.74) is 5.67. The quantitative estimate of drug-likeness (QED) is 0.896. The van der Waals surface area contributed by atoms with E-state index in [1.807, 2.05) is 0 Å². The van der Waals surface area contributed by atoms with Crippen molar-refractivity contribution in [3.05, 3.63) is 30.0 Å². The molecule has 3 N–H and O–H groups in total. The van der Waals surface area contributed by atoms with Crippen molar-refractivity contribution in [2.45, 2.75) is 9.10 Å². The number of nitrogen functional groups attached to an aromatic ring is 1. The lowest BCUT2D eigenvalue weighted by atomic mass is 10.2. The van der Waals surface area contributed by atoms with Gasteiger partial charge in [0, 0.05) is 4.90 Å². The molecule has 0 saturated carbocycles. The first-order valence-corrected chi connectivity index (χ1v) is 6.54. The molecule has 94 valence electrons. The van der Waals surface area contributed by atoms with Crippen molar-refractivity contribution in [2.24, 2.45) is 0 Å². The summed E-state index contributed by atoms with van der Waals surface area (Å²) in [7, 11) is 1.44. The molecule has 0 spiro atoms. The average molecular weight is 282 g/mol. The zero-order valence-corrected chi connectivity index (χ0v) is 11.0. The van der Waals surface area contributed by atoms with Gasteiger partial charge in [-0.1, -0.05) is 23.1 Å². The summed E-state index contributed by atoms with van der Waals surface area (Å²) in [6, 6.07) is 5.00. The van der Waals surface area contributed by atoms with Crippen molar-refractivity contribution in [3.8, 4) is 5.75 Å². The molecule has 2 rings (SSSR count). The van der Waals surface area contributed by atoms with Crippen LogP contribution in [0, 0.1) is 0 Å². The van der Waals surface area contributed by atoms with Crippen LogP contribution in [0.3, 0.4) is 0 Å². The summed E-state index contributed by atoms with van der Waals surface area (Å²) in [6.07, 6.45) is 1.66. The SMILES string of the molecule is COc1ccc(Sc2cnc(N)s2)cc1C(=O)O. The lowest BCUT2D eigenvalue weighted by Crippen LogP contribution is -2.00.